The molecule has 0 fully saturated rings. The van der Waals surface area contributed by atoms with Crippen LogP contribution in [0.4, 0.5) is 5.69 Å². The molecule has 4 rings (SSSR count). The Morgan fingerprint density at radius 1 is 1.03 bits per heavy atom. The van der Waals surface area contributed by atoms with E-state index in [9.17, 15) is 0 Å². The van der Waals surface area contributed by atoms with Crippen LogP contribution in [0.1, 0.15) is 73.2 Å². The van der Waals surface area contributed by atoms with Gasteiger partial charge < -0.3 is 11.1 Å². The fourth-order valence-corrected chi connectivity index (χ4v) is 5.30. The van der Waals surface area contributed by atoms with Crippen LogP contribution in [0.2, 0.25) is 0 Å². The van der Waals surface area contributed by atoms with E-state index in [2.05, 4.69) is 80.7 Å². The van der Waals surface area contributed by atoms with Gasteiger partial charge in [0.15, 0.2) is 0 Å². The highest BCUT2D eigenvalue weighted by atomic mass is 15.3. The summed E-state index contributed by atoms with van der Waals surface area (Å²) in [5.41, 5.74) is 18.5. The summed E-state index contributed by atoms with van der Waals surface area (Å²) in [4.78, 5) is 0. The smallest absolute Gasteiger partial charge is 0.0818 e. The molecule has 4 nitrogen and oxygen atoms in total. The quantitative estimate of drug-likeness (QED) is 0.317. The molecule has 186 valence electrons. The van der Waals surface area contributed by atoms with Gasteiger partial charge in [0.1, 0.15) is 0 Å². The van der Waals surface area contributed by atoms with Gasteiger partial charge in [-0.2, -0.15) is 5.10 Å². The van der Waals surface area contributed by atoms with Crippen LogP contribution < -0.4 is 11.1 Å². The molecule has 1 aliphatic rings. The van der Waals surface area contributed by atoms with E-state index in [1.54, 1.807) is 0 Å². The van der Waals surface area contributed by atoms with Gasteiger partial charge in [-0.3, -0.25) is 4.68 Å². The predicted octanol–water partition coefficient (Wildman–Crippen LogP) is 6.91. The van der Waals surface area contributed by atoms with Crippen molar-refractivity contribution in [1.29, 1.82) is 0 Å². The highest BCUT2D eigenvalue weighted by molar-refractivity contribution is 5.72. The third-order valence-electron chi connectivity index (χ3n) is 7.72. The number of allylic oxidation sites excluding steroid dienone is 1. The number of nitrogens with two attached hydrogens (primary N) is 1. The molecule has 0 spiro atoms. The standard InChI is InChI=1S/C31H42N4/c1-6-24(7-2)20-35-23(5)16-29(34-35)19-33-22(4)15-30-21(3)14-28(18-31(30)32)27-13-12-25-10-8-9-11-26(25)17-27/h12-14,16-18,24,33H,4,6-11,15,19-20,32H2,1-3,5H3. The normalized spacial score (nSPS) is 13.2. The maximum atomic E-state index is 6.56. The summed E-state index contributed by atoms with van der Waals surface area (Å²) >= 11 is 0. The van der Waals surface area contributed by atoms with Gasteiger partial charge in [0.05, 0.1) is 12.2 Å². The summed E-state index contributed by atoms with van der Waals surface area (Å²) in [5.74, 6) is 0.680. The number of aromatic nitrogens is 2. The van der Waals surface area contributed by atoms with E-state index in [0.717, 1.165) is 35.6 Å². The molecular formula is C31H42N4. The lowest BCUT2D eigenvalue weighted by molar-refractivity contribution is 0.389. The Kier molecular flexibility index (Phi) is 8.00. The largest absolute Gasteiger partial charge is 0.398 e. The Bertz CT molecular complexity index is 1160. The molecule has 3 aromatic rings. The average molecular weight is 471 g/mol. The molecule has 4 heteroatoms. The van der Waals surface area contributed by atoms with Crippen molar-refractivity contribution in [1.82, 2.24) is 15.1 Å². The van der Waals surface area contributed by atoms with Crippen molar-refractivity contribution in [2.75, 3.05) is 5.73 Å². The number of anilines is 1. The fraction of sp³-hybridized carbons (Fsp3) is 0.452. The van der Waals surface area contributed by atoms with E-state index in [4.69, 9.17) is 10.8 Å². The minimum atomic E-state index is 0.680. The van der Waals surface area contributed by atoms with E-state index in [-0.39, 0.29) is 0 Å². The van der Waals surface area contributed by atoms with Crippen LogP contribution >= 0.6 is 0 Å². The molecule has 2 aromatic carbocycles. The first-order valence-electron chi connectivity index (χ1n) is 13.3. The van der Waals surface area contributed by atoms with Crippen LogP contribution in [0.5, 0.6) is 0 Å². The molecule has 0 radical (unpaired) electrons. The van der Waals surface area contributed by atoms with Crippen molar-refractivity contribution in [3.05, 3.63) is 82.3 Å². The topological polar surface area (TPSA) is 55.9 Å². The van der Waals surface area contributed by atoms with Gasteiger partial charge in [-0.1, -0.05) is 57.5 Å². The van der Waals surface area contributed by atoms with Crippen LogP contribution in [0.3, 0.4) is 0 Å². The SMILES string of the molecule is C=C(Cc1c(C)cc(-c2ccc3c(c2)CCCC3)cc1N)NCc1cc(C)n(CC(CC)CC)n1. The number of nitrogens with zero attached hydrogens (tertiary/aromatic N) is 2. The maximum absolute atomic E-state index is 6.56. The third kappa shape index (κ3) is 5.98. The number of hydrogen-bond acceptors (Lipinski definition) is 3. The number of hydrogen-bond donors (Lipinski definition) is 2. The highest BCUT2D eigenvalue weighted by Crippen LogP contribution is 2.31. The van der Waals surface area contributed by atoms with Gasteiger partial charge in [-0.05, 0) is 91.0 Å². The average Bonchev–Trinajstić information content (AvgIpc) is 3.21. The Balaban J connectivity index is 1.40. The lowest BCUT2D eigenvalue weighted by Gasteiger charge is -2.18. The summed E-state index contributed by atoms with van der Waals surface area (Å²) in [6.07, 6.45) is 8.10. The van der Waals surface area contributed by atoms with Gasteiger partial charge in [-0.25, -0.2) is 0 Å². The molecule has 0 bridgehead atoms. The summed E-state index contributed by atoms with van der Waals surface area (Å²) in [5, 5.41) is 8.30. The van der Waals surface area contributed by atoms with Crippen molar-refractivity contribution in [3.63, 3.8) is 0 Å². The number of benzene rings is 2. The molecule has 0 atom stereocenters. The molecule has 0 saturated heterocycles. The monoisotopic (exact) mass is 470 g/mol. The second-order valence-electron chi connectivity index (χ2n) is 10.3. The van der Waals surface area contributed by atoms with E-state index in [1.165, 1.54) is 72.0 Å². The van der Waals surface area contributed by atoms with Gasteiger partial charge in [0.2, 0.25) is 0 Å². The Morgan fingerprint density at radius 2 is 1.77 bits per heavy atom. The lowest BCUT2D eigenvalue weighted by Crippen LogP contribution is -2.16. The predicted molar refractivity (Wildman–Crippen MR) is 148 cm³/mol. The highest BCUT2D eigenvalue weighted by Gasteiger charge is 2.14. The number of nitrogens with one attached hydrogen (secondary N) is 1. The number of fused-ring (bicyclic) bond motifs is 1. The lowest BCUT2D eigenvalue weighted by atomic mass is 9.88. The van der Waals surface area contributed by atoms with Gasteiger partial charge in [0.25, 0.3) is 0 Å². The van der Waals surface area contributed by atoms with Crippen molar-refractivity contribution < 1.29 is 0 Å². The molecule has 0 saturated carbocycles. The fourth-order valence-electron chi connectivity index (χ4n) is 5.30. The minimum Gasteiger partial charge on any atom is -0.398 e. The zero-order valence-corrected chi connectivity index (χ0v) is 22.1. The van der Waals surface area contributed by atoms with E-state index >= 15 is 0 Å². The molecule has 1 aliphatic carbocycles. The Morgan fingerprint density at radius 3 is 2.49 bits per heavy atom. The minimum absolute atomic E-state index is 0.680. The molecule has 0 amide bonds. The zero-order chi connectivity index (χ0) is 24.9. The van der Waals surface area contributed by atoms with Crippen molar-refractivity contribution in [2.24, 2.45) is 5.92 Å². The van der Waals surface area contributed by atoms with E-state index in [1.807, 2.05) is 0 Å². The second kappa shape index (κ2) is 11.2. The van der Waals surface area contributed by atoms with Gasteiger partial charge in [0, 0.05) is 30.0 Å². The Hall–Kier alpha value is -3.01. The van der Waals surface area contributed by atoms with Crippen molar-refractivity contribution in [3.8, 4) is 11.1 Å². The van der Waals surface area contributed by atoms with Crippen LogP contribution in [0.15, 0.2) is 48.7 Å². The first-order chi connectivity index (χ1) is 16.9. The van der Waals surface area contributed by atoms with Crippen molar-refractivity contribution in [2.45, 2.75) is 85.7 Å². The number of rotatable bonds is 10. The van der Waals surface area contributed by atoms with Crippen LogP contribution in [0, 0.1) is 19.8 Å². The molecule has 3 N–H and O–H groups in total. The van der Waals surface area contributed by atoms with Crippen LogP contribution in [0.25, 0.3) is 11.1 Å². The number of nitrogen functional groups attached to an aromatic ring is 1. The molecular weight excluding hydrogens is 428 g/mol. The second-order valence-corrected chi connectivity index (χ2v) is 10.3. The van der Waals surface area contributed by atoms with Gasteiger partial charge >= 0.3 is 0 Å². The molecule has 35 heavy (non-hydrogen) atoms. The molecule has 0 aliphatic heterocycles. The summed E-state index contributed by atoms with van der Waals surface area (Å²) in [6.45, 7) is 14.8. The molecule has 1 heterocycles. The zero-order valence-electron chi connectivity index (χ0n) is 22.1. The van der Waals surface area contributed by atoms with Crippen LogP contribution in [-0.4, -0.2) is 9.78 Å². The third-order valence-corrected chi connectivity index (χ3v) is 7.72. The first kappa shape index (κ1) is 25.1. The summed E-state index contributed by atoms with van der Waals surface area (Å²) in [7, 11) is 0. The maximum Gasteiger partial charge on any atom is 0.0818 e. The first-order valence-corrected chi connectivity index (χ1v) is 13.3. The molecule has 0 unspecified atom stereocenters. The number of aryl methyl sites for hydroxylation is 4. The molecule has 1 aromatic heterocycles. The summed E-state index contributed by atoms with van der Waals surface area (Å²) < 4.78 is 2.15. The van der Waals surface area contributed by atoms with E-state index < -0.39 is 0 Å². The van der Waals surface area contributed by atoms with Crippen molar-refractivity contribution >= 4 is 5.69 Å². The summed E-state index contributed by atoms with van der Waals surface area (Å²) in [6, 6.07) is 13.5. The van der Waals surface area contributed by atoms with Crippen LogP contribution in [-0.2, 0) is 32.4 Å². The Labute approximate surface area is 211 Å². The van der Waals surface area contributed by atoms with E-state index in [0.29, 0.717) is 12.5 Å². The van der Waals surface area contributed by atoms with Gasteiger partial charge in [-0.15, -0.1) is 0 Å².